The fourth-order valence-corrected chi connectivity index (χ4v) is 2.88. The van der Waals surface area contributed by atoms with E-state index in [0.29, 0.717) is 38.3 Å². The standard InChI is InChI=1S/C18H21N3O2/c1-2-19-18(23)21-11-9-20(10-12-21)17(22)16-8-7-14-5-3-4-6-15(14)13-16/h3-8,13H,2,9-12H2,1H3,(H,19,23). The number of nitrogens with one attached hydrogen (secondary N) is 1. The van der Waals surface area contributed by atoms with E-state index < -0.39 is 0 Å². The Morgan fingerprint density at radius 3 is 2.30 bits per heavy atom. The van der Waals surface area contributed by atoms with E-state index >= 15 is 0 Å². The van der Waals surface area contributed by atoms with Crippen molar-refractivity contribution < 1.29 is 9.59 Å². The lowest BCUT2D eigenvalue weighted by Crippen LogP contribution is -2.53. The van der Waals surface area contributed by atoms with Crippen LogP contribution in [0.5, 0.6) is 0 Å². The van der Waals surface area contributed by atoms with E-state index in [1.54, 1.807) is 4.90 Å². The molecule has 0 spiro atoms. The van der Waals surface area contributed by atoms with Gasteiger partial charge in [0.1, 0.15) is 0 Å². The van der Waals surface area contributed by atoms with E-state index in [9.17, 15) is 9.59 Å². The van der Waals surface area contributed by atoms with Crippen LogP contribution in [0.25, 0.3) is 10.8 Å². The van der Waals surface area contributed by atoms with E-state index in [1.807, 2.05) is 54.3 Å². The SMILES string of the molecule is CCNC(=O)N1CCN(C(=O)c2ccc3ccccc3c2)CC1. The topological polar surface area (TPSA) is 52.7 Å². The normalized spacial score (nSPS) is 14.8. The quantitative estimate of drug-likeness (QED) is 0.925. The molecule has 0 radical (unpaired) electrons. The first-order valence-electron chi connectivity index (χ1n) is 8.00. The Kier molecular flexibility index (Phi) is 4.46. The third-order valence-electron chi connectivity index (χ3n) is 4.18. The Balaban J connectivity index is 1.67. The summed E-state index contributed by atoms with van der Waals surface area (Å²) >= 11 is 0. The van der Waals surface area contributed by atoms with Gasteiger partial charge >= 0.3 is 6.03 Å². The average Bonchev–Trinajstić information content (AvgIpc) is 2.61. The zero-order valence-electron chi connectivity index (χ0n) is 13.3. The average molecular weight is 311 g/mol. The maximum Gasteiger partial charge on any atom is 0.317 e. The Hall–Kier alpha value is -2.56. The van der Waals surface area contributed by atoms with Crippen molar-refractivity contribution in [1.82, 2.24) is 15.1 Å². The van der Waals surface area contributed by atoms with Gasteiger partial charge in [0, 0.05) is 38.3 Å². The number of hydrogen-bond donors (Lipinski definition) is 1. The molecule has 1 N–H and O–H groups in total. The monoisotopic (exact) mass is 311 g/mol. The second kappa shape index (κ2) is 6.69. The number of nitrogens with zero attached hydrogens (tertiary/aromatic N) is 2. The van der Waals surface area contributed by atoms with Crippen LogP contribution in [-0.4, -0.2) is 54.5 Å². The smallest absolute Gasteiger partial charge is 0.317 e. The number of fused-ring (bicyclic) bond motifs is 1. The number of carbonyl (C=O) groups is 2. The van der Waals surface area contributed by atoms with Gasteiger partial charge in [0.15, 0.2) is 0 Å². The Morgan fingerprint density at radius 1 is 0.957 bits per heavy atom. The van der Waals surface area contributed by atoms with Crippen molar-refractivity contribution in [3.05, 3.63) is 48.0 Å². The number of rotatable bonds is 2. The van der Waals surface area contributed by atoms with Crippen LogP contribution in [0.3, 0.4) is 0 Å². The predicted octanol–water partition coefficient (Wildman–Crippen LogP) is 2.33. The molecular formula is C18H21N3O2. The number of hydrogen-bond acceptors (Lipinski definition) is 2. The van der Waals surface area contributed by atoms with Crippen LogP contribution in [0.4, 0.5) is 4.79 Å². The van der Waals surface area contributed by atoms with Gasteiger partial charge in [0.25, 0.3) is 5.91 Å². The Labute approximate surface area is 135 Å². The van der Waals surface area contributed by atoms with E-state index in [0.717, 1.165) is 10.8 Å². The molecule has 0 atom stereocenters. The lowest BCUT2D eigenvalue weighted by molar-refractivity contribution is 0.0665. The number of urea groups is 1. The van der Waals surface area contributed by atoms with Gasteiger partial charge in [-0.15, -0.1) is 0 Å². The number of amides is 3. The van der Waals surface area contributed by atoms with E-state index in [-0.39, 0.29) is 11.9 Å². The van der Waals surface area contributed by atoms with Crippen molar-refractivity contribution in [2.24, 2.45) is 0 Å². The van der Waals surface area contributed by atoms with Crippen molar-refractivity contribution >= 4 is 22.7 Å². The second-order valence-electron chi connectivity index (χ2n) is 5.68. The summed E-state index contributed by atoms with van der Waals surface area (Å²) in [5, 5.41) is 4.99. The summed E-state index contributed by atoms with van der Waals surface area (Å²) in [6.45, 7) is 4.81. The van der Waals surface area contributed by atoms with Gasteiger partial charge in [0.05, 0.1) is 0 Å². The van der Waals surface area contributed by atoms with Crippen molar-refractivity contribution in [1.29, 1.82) is 0 Å². The highest BCUT2D eigenvalue weighted by atomic mass is 16.2. The molecule has 1 heterocycles. The first kappa shape index (κ1) is 15.3. The van der Waals surface area contributed by atoms with Gasteiger partial charge in [-0.1, -0.05) is 30.3 Å². The van der Waals surface area contributed by atoms with Gasteiger partial charge < -0.3 is 15.1 Å². The molecular weight excluding hydrogens is 290 g/mol. The largest absolute Gasteiger partial charge is 0.338 e. The zero-order chi connectivity index (χ0) is 16.2. The van der Waals surface area contributed by atoms with Crippen LogP contribution in [0.1, 0.15) is 17.3 Å². The molecule has 120 valence electrons. The molecule has 2 aromatic rings. The lowest BCUT2D eigenvalue weighted by atomic mass is 10.1. The first-order valence-corrected chi connectivity index (χ1v) is 8.00. The van der Waals surface area contributed by atoms with Crippen molar-refractivity contribution in [3.63, 3.8) is 0 Å². The fraction of sp³-hybridized carbons (Fsp3) is 0.333. The Morgan fingerprint density at radius 2 is 1.61 bits per heavy atom. The van der Waals surface area contributed by atoms with Crippen molar-refractivity contribution in [2.45, 2.75) is 6.92 Å². The first-order chi connectivity index (χ1) is 11.2. The highest BCUT2D eigenvalue weighted by Crippen LogP contribution is 2.17. The maximum absolute atomic E-state index is 12.7. The van der Waals surface area contributed by atoms with E-state index in [1.165, 1.54) is 0 Å². The van der Waals surface area contributed by atoms with Crippen molar-refractivity contribution in [2.75, 3.05) is 32.7 Å². The minimum absolute atomic E-state index is 0.0336. The molecule has 2 aromatic carbocycles. The van der Waals surface area contributed by atoms with Crippen LogP contribution < -0.4 is 5.32 Å². The molecule has 0 saturated carbocycles. The highest BCUT2D eigenvalue weighted by molar-refractivity contribution is 5.98. The van der Waals surface area contributed by atoms with Crippen LogP contribution in [-0.2, 0) is 0 Å². The van der Waals surface area contributed by atoms with Gasteiger partial charge in [-0.05, 0) is 29.8 Å². The van der Waals surface area contributed by atoms with Gasteiger partial charge in [-0.3, -0.25) is 4.79 Å². The second-order valence-corrected chi connectivity index (χ2v) is 5.68. The Bertz CT molecular complexity index is 721. The van der Waals surface area contributed by atoms with Crippen LogP contribution >= 0.6 is 0 Å². The molecule has 1 saturated heterocycles. The number of carbonyl (C=O) groups excluding carboxylic acids is 2. The summed E-state index contributed by atoms with van der Waals surface area (Å²) in [6, 6.07) is 13.8. The summed E-state index contributed by atoms with van der Waals surface area (Å²) in [4.78, 5) is 28.0. The molecule has 1 aliphatic heterocycles. The summed E-state index contributed by atoms with van der Waals surface area (Å²) in [6.07, 6.45) is 0. The molecule has 0 bridgehead atoms. The van der Waals surface area contributed by atoms with E-state index in [2.05, 4.69) is 5.32 Å². The molecule has 5 heteroatoms. The third kappa shape index (κ3) is 3.28. The van der Waals surface area contributed by atoms with Gasteiger partial charge in [-0.2, -0.15) is 0 Å². The molecule has 0 aliphatic carbocycles. The summed E-state index contributed by atoms with van der Waals surface area (Å²) in [5.74, 6) is 0.0336. The number of piperazine rings is 1. The van der Waals surface area contributed by atoms with Crippen LogP contribution in [0.15, 0.2) is 42.5 Å². The lowest BCUT2D eigenvalue weighted by Gasteiger charge is -2.34. The molecule has 0 aromatic heterocycles. The van der Waals surface area contributed by atoms with Crippen LogP contribution in [0, 0.1) is 0 Å². The predicted molar refractivity (Wildman–Crippen MR) is 90.5 cm³/mol. The molecule has 5 nitrogen and oxygen atoms in total. The number of benzene rings is 2. The van der Waals surface area contributed by atoms with E-state index in [4.69, 9.17) is 0 Å². The minimum Gasteiger partial charge on any atom is -0.338 e. The third-order valence-corrected chi connectivity index (χ3v) is 4.18. The van der Waals surface area contributed by atoms with Crippen molar-refractivity contribution in [3.8, 4) is 0 Å². The summed E-state index contributed by atoms with van der Waals surface area (Å²) in [7, 11) is 0. The van der Waals surface area contributed by atoms with Gasteiger partial charge in [0.2, 0.25) is 0 Å². The highest BCUT2D eigenvalue weighted by Gasteiger charge is 2.24. The van der Waals surface area contributed by atoms with Crippen LogP contribution in [0.2, 0.25) is 0 Å². The van der Waals surface area contributed by atoms with Gasteiger partial charge in [-0.25, -0.2) is 4.79 Å². The molecule has 3 rings (SSSR count). The molecule has 1 aliphatic rings. The zero-order valence-corrected chi connectivity index (χ0v) is 13.3. The minimum atomic E-state index is -0.0506. The molecule has 23 heavy (non-hydrogen) atoms. The molecule has 3 amide bonds. The molecule has 1 fully saturated rings. The molecule has 0 unspecified atom stereocenters. The summed E-state index contributed by atoms with van der Waals surface area (Å²) < 4.78 is 0. The fourth-order valence-electron chi connectivity index (χ4n) is 2.88. The summed E-state index contributed by atoms with van der Waals surface area (Å²) in [5.41, 5.74) is 0.704. The maximum atomic E-state index is 12.7.